The molecule has 126 valence electrons. The Hall–Kier alpha value is -2.63. The van der Waals surface area contributed by atoms with E-state index in [1.54, 1.807) is 12.1 Å². The molecule has 1 aliphatic carbocycles. The van der Waals surface area contributed by atoms with Gasteiger partial charge in [0.2, 0.25) is 0 Å². The third kappa shape index (κ3) is 4.01. The van der Waals surface area contributed by atoms with E-state index < -0.39 is 6.61 Å². The van der Waals surface area contributed by atoms with Crippen LogP contribution in [0.5, 0.6) is 5.75 Å². The molecule has 2 aromatic rings. The minimum Gasteiger partial charge on any atom is -0.435 e. The van der Waals surface area contributed by atoms with Crippen LogP contribution in [0.3, 0.4) is 0 Å². The predicted molar refractivity (Wildman–Crippen MR) is 85.9 cm³/mol. The second kappa shape index (κ2) is 7.29. The lowest BCUT2D eigenvalue weighted by atomic mass is 10.1. The number of aryl methyl sites for hydroxylation is 1. The monoisotopic (exact) mass is 332 g/mol. The summed E-state index contributed by atoms with van der Waals surface area (Å²) >= 11 is 0. The van der Waals surface area contributed by atoms with E-state index in [9.17, 15) is 13.6 Å². The van der Waals surface area contributed by atoms with Gasteiger partial charge in [-0.05, 0) is 41.7 Å². The molecule has 4 nitrogen and oxygen atoms in total. The topological polar surface area (TPSA) is 50.4 Å². The van der Waals surface area contributed by atoms with Crippen molar-refractivity contribution in [2.75, 3.05) is 0 Å². The highest BCUT2D eigenvalue weighted by Gasteiger charge is 2.23. The molecule has 1 unspecified atom stereocenters. The fourth-order valence-corrected chi connectivity index (χ4v) is 2.89. The Morgan fingerprint density at radius 2 is 1.92 bits per heavy atom. The lowest BCUT2D eigenvalue weighted by Crippen LogP contribution is -2.36. The molecular formula is C18H18F2N2O2. The van der Waals surface area contributed by atoms with Crippen LogP contribution in [0.2, 0.25) is 0 Å². The molecule has 0 saturated heterocycles. The molecule has 0 aliphatic heterocycles. The highest BCUT2D eigenvalue weighted by molar-refractivity contribution is 5.74. The largest absolute Gasteiger partial charge is 0.435 e. The Morgan fingerprint density at radius 1 is 1.17 bits per heavy atom. The van der Waals surface area contributed by atoms with Crippen molar-refractivity contribution in [3.8, 4) is 5.75 Å². The van der Waals surface area contributed by atoms with E-state index >= 15 is 0 Å². The summed E-state index contributed by atoms with van der Waals surface area (Å²) in [7, 11) is 0. The second-order valence-corrected chi connectivity index (χ2v) is 5.64. The lowest BCUT2D eigenvalue weighted by molar-refractivity contribution is -0.0498. The molecule has 0 aromatic heterocycles. The summed E-state index contributed by atoms with van der Waals surface area (Å²) in [4.78, 5) is 12.0. The zero-order chi connectivity index (χ0) is 16.9. The average Bonchev–Trinajstić information content (AvgIpc) is 2.97. The molecule has 24 heavy (non-hydrogen) atoms. The Bertz CT molecular complexity index is 704. The summed E-state index contributed by atoms with van der Waals surface area (Å²) in [5, 5.41) is 5.75. The first kappa shape index (κ1) is 16.2. The molecule has 0 radical (unpaired) electrons. The lowest BCUT2D eigenvalue weighted by Gasteiger charge is -2.15. The van der Waals surface area contributed by atoms with Crippen LogP contribution in [-0.4, -0.2) is 12.6 Å². The van der Waals surface area contributed by atoms with Crippen LogP contribution < -0.4 is 15.4 Å². The highest BCUT2D eigenvalue weighted by atomic mass is 19.3. The first-order valence-electron chi connectivity index (χ1n) is 7.78. The molecule has 0 fully saturated rings. The van der Waals surface area contributed by atoms with Gasteiger partial charge >= 0.3 is 12.6 Å². The van der Waals surface area contributed by atoms with Gasteiger partial charge in [0.05, 0.1) is 6.04 Å². The van der Waals surface area contributed by atoms with Crippen molar-refractivity contribution < 1.29 is 18.3 Å². The van der Waals surface area contributed by atoms with Gasteiger partial charge < -0.3 is 15.4 Å². The van der Waals surface area contributed by atoms with Crippen molar-refractivity contribution in [1.29, 1.82) is 0 Å². The van der Waals surface area contributed by atoms with Gasteiger partial charge in [-0.25, -0.2) is 4.79 Å². The Morgan fingerprint density at radius 3 is 2.67 bits per heavy atom. The number of alkyl halides is 2. The van der Waals surface area contributed by atoms with Crippen LogP contribution in [0.4, 0.5) is 13.6 Å². The molecule has 1 aliphatic rings. The molecule has 0 bridgehead atoms. The van der Waals surface area contributed by atoms with E-state index in [0.29, 0.717) is 6.54 Å². The summed E-state index contributed by atoms with van der Waals surface area (Å²) in [6, 6.07) is 14.1. The summed E-state index contributed by atoms with van der Waals surface area (Å²) < 4.78 is 28.5. The molecule has 3 rings (SSSR count). The number of urea groups is 1. The van der Waals surface area contributed by atoms with Gasteiger partial charge in [0, 0.05) is 6.54 Å². The van der Waals surface area contributed by atoms with Crippen molar-refractivity contribution in [2.24, 2.45) is 0 Å². The number of ether oxygens (including phenoxy) is 1. The third-order valence-electron chi connectivity index (χ3n) is 4.04. The number of amides is 2. The molecule has 2 amide bonds. The molecule has 1 atom stereocenters. The SMILES string of the molecule is O=C(NCc1ccc(OC(F)F)cc1)NC1CCc2ccccc21. The fourth-order valence-electron chi connectivity index (χ4n) is 2.89. The number of nitrogens with one attached hydrogen (secondary N) is 2. The van der Waals surface area contributed by atoms with Gasteiger partial charge in [0.1, 0.15) is 5.75 Å². The Labute approximate surface area is 138 Å². The zero-order valence-electron chi connectivity index (χ0n) is 13.0. The van der Waals surface area contributed by atoms with Crippen molar-refractivity contribution >= 4 is 6.03 Å². The second-order valence-electron chi connectivity index (χ2n) is 5.64. The maximum atomic E-state index is 12.1. The maximum Gasteiger partial charge on any atom is 0.387 e. The van der Waals surface area contributed by atoms with E-state index in [0.717, 1.165) is 18.4 Å². The Kier molecular flexibility index (Phi) is 4.93. The molecule has 0 heterocycles. The number of carbonyl (C=O) groups is 1. The fraction of sp³-hybridized carbons (Fsp3) is 0.278. The van der Waals surface area contributed by atoms with Crippen LogP contribution in [0.25, 0.3) is 0 Å². The smallest absolute Gasteiger partial charge is 0.387 e. The van der Waals surface area contributed by atoms with Crippen LogP contribution in [0, 0.1) is 0 Å². The number of hydrogen-bond donors (Lipinski definition) is 2. The van der Waals surface area contributed by atoms with Gasteiger partial charge in [-0.1, -0.05) is 36.4 Å². The molecule has 2 N–H and O–H groups in total. The number of halogens is 2. The van der Waals surface area contributed by atoms with Gasteiger partial charge in [-0.3, -0.25) is 0 Å². The minimum atomic E-state index is -2.84. The van der Waals surface area contributed by atoms with Crippen molar-refractivity contribution in [3.05, 3.63) is 65.2 Å². The molecule has 2 aromatic carbocycles. The number of benzene rings is 2. The van der Waals surface area contributed by atoms with Crippen LogP contribution in [0.1, 0.15) is 29.2 Å². The Balaban J connectivity index is 1.49. The molecule has 0 saturated carbocycles. The summed E-state index contributed by atoms with van der Waals surface area (Å²) in [6.45, 7) is -2.52. The van der Waals surface area contributed by atoms with Crippen LogP contribution in [-0.2, 0) is 13.0 Å². The van der Waals surface area contributed by atoms with Gasteiger partial charge in [0.25, 0.3) is 0 Å². The van der Waals surface area contributed by atoms with Crippen LogP contribution in [0.15, 0.2) is 48.5 Å². The summed E-state index contributed by atoms with van der Waals surface area (Å²) in [5.41, 5.74) is 3.25. The first-order valence-corrected chi connectivity index (χ1v) is 7.78. The molecule has 0 spiro atoms. The average molecular weight is 332 g/mol. The number of carbonyl (C=O) groups excluding carboxylic acids is 1. The van der Waals surface area contributed by atoms with Gasteiger partial charge in [-0.2, -0.15) is 8.78 Å². The van der Waals surface area contributed by atoms with E-state index in [1.807, 2.05) is 18.2 Å². The van der Waals surface area contributed by atoms with E-state index in [4.69, 9.17) is 0 Å². The normalized spacial score (nSPS) is 15.9. The quantitative estimate of drug-likeness (QED) is 0.875. The van der Waals surface area contributed by atoms with E-state index in [1.165, 1.54) is 23.3 Å². The summed E-state index contributed by atoms with van der Waals surface area (Å²) in [5.74, 6) is 0.0979. The highest BCUT2D eigenvalue weighted by Crippen LogP contribution is 2.30. The van der Waals surface area contributed by atoms with Crippen molar-refractivity contribution in [3.63, 3.8) is 0 Å². The summed E-state index contributed by atoms with van der Waals surface area (Å²) in [6.07, 6.45) is 1.86. The van der Waals surface area contributed by atoms with E-state index in [-0.39, 0.29) is 17.8 Å². The van der Waals surface area contributed by atoms with Crippen LogP contribution >= 0.6 is 0 Å². The van der Waals surface area contributed by atoms with Gasteiger partial charge in [-0.15, -0.1) is 0 Å². The first-order chi connectivity index (χ1) is 11.6. The third-order valence-corrected chi connectivity index (χ3v) is 4.04. The maximum absolute atomic E-state index is 12.1. The molecular weight excluding hydrogens is 314 g/mol. The van der Waals surface area contributed by atoms with Gasteiger partial charge in [0.15, 0.2) is 0 Å². The van der Waals surface area contributed by atoms with Crippen molar-refractivity contribution in [1.82, 2.24) is 10.6 Å². The molecule has 6 heteroatoms. The zero-order valence-corrected chi connectivity index (χ0v) is 13.0. The van der Waals surface area contributed by atoms with Crippen molar-refractivity contribution in [2.45, 2.75) is 32.0 Å². The number of fused-ring (bicyclic) bond motifs is 1. The standard InChI is InChI=1S/C18H18F2N2O2/c19-17(20)24-14-8-5-12(6-9-14)11-21-18(23)22-16-10-7-13-3-1-2-4-15(13)16/h1-6,8-9,16-17H,7,10-11H2,(H2,21,22,23). The number of hydrogen-bond acceptors (Lipinski definition) is 2. The van der Waals surface area contributed by atoms with E-state index in [2.05, 4.69) is 21.4 Å². The predicted octanol–water partition coefficient (Wildman–Crippen LogP) is 3.77. The minimum absolute atomic E-state index is 0.0306. The number of rotatable bonds is 5.